The number of aryl methyl sites for hydroxylation is 1. The monoisotopic (exact) mass is 321 g/mol. The number of anilines is 1. The maximum absolute atomic E-state index is 10.2. The van der Waals surface area contributed by atoms with Crippen LogP contribution in [0.25, 0.3) is 10.9 Å². The molecule has 2 rings (SSSR count). The zero-order valence-electron chi connectivity index (χ0n) is 13.4. The quantitative estimate of drug-likeness (QED) is 0.821. The van der Waals surface area contributed by atoms with Crippen molar-refractivity contribution in [3.05, 3.63) is 35.0 Å². The first kappa shape index (κ1) is 17.0. The van der Waals surface area contributed by atoms with Gasteiger partial charge in [0.2, 0.25) is 0 Å². The fraction of sp³-hybridized carbons (Fsp3) is 0.471. The molecule has 5 heteroatoms. The van der Waals surface area contributed by atoms with E-state index in [4.69, 9.17) is 11.6 Å². The lowest BCUT2D eigenvalue weighted by Gasteiger charge is -2.23. The average Bonchev–Trinajstić information content (AvgIpc) is 2.51. The molecular formula is C17H24ClN3O. The molecule has 0 aliphatic carbocycles. The second-order valence-electron chi connectivity index (χ2n) is 5.50. The van der Waals surface area contributed by atoms with Crippen molar-refractivity contribution >= 4 is 28.2 Å². The minimum Gasteiger partial charge on any atom is -0.390 e. The van der Waals surface area contributed by atoms with E-state index in [0.29, 0.717) is 18.1 Å². The van der Waals surface area contributed by atoms with Gasteiger partial charge >= 0.3 is 0 Å². The van der Waals surface area contributed by atoms with E-state index in [0.717, 1.165) is 35.2 Å². The molecule has 1 unspecified atom stereocenters. The summed E-state index contributed by atoms with van der Waals surface area (Å²) in [6.07, 6.45) is 1.42. The lowest BCUT2D eigenvalue weighted by molar-refractivity contribution is 0.128. The highest BCUT2D eigenvalue weighted by molar-refractivity contribution is 6.31. The van der Waals surface area contributed by atoms with E-state index in [2.05, 4.69) is 29.0 Å². The normalized spacial score (nSPS) is 12.8. The van der Waals surface area contributed by atoms with E-state index in [1.54, 1.807) is 0 Å². The van der Waals surface area contributed by atoms with Gasteiger partial charge in [-0.15, -0.1) is 0 Å². The number of nitrogens with zero attached hydrogens (tertiary/aromatic N) is 2. The van der Waals surface area contributed by atoms with Crippen molar-refractivity contribution < 1.29 is 5.11 Å². The molecule has 4 nitrogen and oxygen atoms in total. The van der Waals surface area contributed by atoms with Crippen LogP contribution in [0, 0.1) is 6.92 Å². The highest BCUT2D eigenvalue weighted by Gasteiger charge is 2.11. The maximum atomic E-state index is 10.2. The van der Waals surface area contributed by atoms with Crippen molar-refractivity contribution in [2.45, 2.75) is 26.9 Å². The molecular weight excluding hydrogens is 298 g/mol. The van der Waals surface area contributed by atoms with Crippen molar-refractivity contribution in [3.63, 3.8) is 0 Å². The summed E-state index contributed by atoms with van der Waals surface area (Å²) in [6, 6.07) is 5.69. The summed E-state index contributed by atoms with van der Waals surface area (Å²) in [6.45, 7) is 9.31. The van der Waals surface area contributed by atoms with Crippen molar-refractivity contribution in [2.24, 2.45) is 0 Å². The highest BCUT2D eigenvalue weighted by Crippen LogP contribution is 2.27. The van der Waals surface area contributed by atoms with Crippen LogP contribution in [-0.4, -0.2) is 47.3 Å². The lowest BCUT2D eigenvalue weighted by atomic mass is 10.1. The van der Waals surface area contributed by atoms with E-state index in [9.17, 15) is 5.11 Å². The molecule has 0 amide bonds. The van der Waals surface area contributed by atoms with Crippen LogP contribution in [0.1, 0.15) is 19.4 Å². The minimum absolute atomic E-state index is 0.408. The van der Waals surface area contributed by atoms with Gasteiger partial charge < -0.3 is 15.3 Å². The van der Waals surface area contributed by atoms with E-state index in [1.165, 1.54) is 0 Å². The molecule has 0 saturated heterocycles. The fourth-order valence-corrected chi connectivity index (χ4v) is 2.73. The third kappa shape index (κ3) is 4.09. The van der Waals surface area contributed by atoms with Crippen molar-refractivity contribution in [3.8, 4) is 0 Å². The number of hydrogen-bond acceptors (Lipinski definition) is 4. The number of aliphatic hydroxyl groups is 1. The molecule has 0 aliphatic heterocycles. The minimum atomic E-state index is -0.408. The summed E-state index contributed by atoms with van der Waals surface area (Å²) in [5, 5.41) is 15.3. The Kier molecular flexibility index (Phi) is 6.00. The van der Waals surface area contributed by atoms with Gasteiger partial charge in [0, 0.05) is 35.4 Å². The van der Waals surface area contributed by atoms with Gasteiger partial charge in [-0.2, -0.15) is 0 Å². The van der Waals surface area contributed by atoms with Gasteiger partial charge in [-0.05, 0) is 43.8 Å². The van der Waals surface area contributed by atoms with Crippen molar-refractivity contribution in [1.29, 1.82) is 0 Å². The molecule has 0 bridgehead atoms. The topological polar surface area (TPSA) is 48.4 Å². The maximum Gasteiger partial charge on any atom is 0.0839 e. The van der Waals surface area contributed by atoms with Gasteiger partial charge in [-0.1, -0.05) is 25.4 Å². The number of halogens is 1. The Bertz CT molecular complexity index is 629. The third-order valence-electron chi connectivity index (χ3n) is 3.90. The molecule has 1 aromatic carbocycles. The number of aromatic nitrogens is 1. The van der Waals surface area contributed by atoms with Crippen LogP contribution in [0.2, 0.25) is 5.02 Å². The third-order valence-corrected chi connectivity index (χ3v) is 4.13. The Balaban J connectivity index is 2.12. The van der Waals surface area contributed by atoms with Gasteiger partial charge in [0.15, 0.2) is 0 Å². The Morgan fingerprint density at radius 2 is 2.05 bits per heavy atom. The van der Waals surface area contributed by atoms with E-state index < -0.39 is 6.10 Å². The first-order valence-electron chi connectivity index (χ1n) is 7.74. The predicted octanol–water partition coefficient (Wildman–Crippen LogP) is 3.31. The summed E-state index contributed by atoms with van der Waals surface area (Å²) in [5.74, 6) is 0. The Morgan fingerprint density at radius 1 is 1.32 bits per heavy atom. The number of hydrogen-bond donors (Lipinski definition) is 2. The molecule has 2 N–H and O–H groups in total. The van der Waals surface area contributed by atoms with Crippen LogP contribution in [0.15, 0.2) is 24.4 Å². The summed E-state index contributed by atoms with van der Waals surface area (Å²) < 4.78 is 0. The van der Waals surface area contributed by atoms with Crippen molar-refractivity contribution in [1.82, 2.24) is 9.88 Å². The number of likely N-dealkylation sites (N-methyl/N-ethyl adjacent to an activating group) is 1. The van der Waals surface area contributed by atoms with E-state index in [1.807, 2.05) is 31.3 Å². The van der Waals surface area contributed by atoms with Gasteiger partial charge in [0.25, 0.3) is 0 Å². The standard InChI is InChI=1S/C17H24ClN3O/c1-4-21(5-2)11-14(22)10-20-17-12(3)9-19-16-8-13(18)6-7-15(16)17/h6-9,14,22H,4-5,10-11H2,1-3H3,(H,19,20). The molecule has 120 valence electrons. The smallest absolute Gasteiger partial charge is 0.0839 e. The van der Waals surface area contributed by atoms with Crippen LogP contribution in [0.3, 0.4) is 0 Å². The van der Waals surface area contributed by atoms with Crippen LogP contribution in [-0.2, 0) is 0 Å². The molecule has 1 aromatic heterocycles. The summed E-state index contributed by atoms with van der Waals surface area (Å²) in [4.78, 5) is 6.62. The molecule has 0 spiro atoms. The lowest BCUT2D eigenvalue weighted by Crippen LogP contribution is -2.36. The molecule has 22 heavy (non-hydrogen) atoms. The molecule has 1 atom stereocenters. The first-order valence-corrected chi connectivity index (χ1v) is 8.12. The van der Waals surface area contributed by atoms with Gasteiger partial charge in [0.1, 0.15) is 0 Å². The van der Waals surface area contributed by atoms with Gasteiger partial charge in [-0.3, -0.25) is 4.98 Å². The van der Waals surface area contributed by atoms with Gasteiger partial charge in [-0.25, -0.2) is 0 Å². The molecule has 0 aliphatic rings. The number of aliphatic hydroxyl groups excluding tert-OH is 1. The van der Waals surface area contributed by atoms with E-state index >= 15 is 0 Å². The zero-order valence-corrected chi connectivity index (χ0v) is 14.2. The van der Waals surface area contributed by atoms with Crippen LogP contribution < -0.4 is 5.32 Å². The predicted molar refractivity (Wildman–Crippen MR) is 93.8 cm³/mol. The van der Waals surface area contributed by atoms with Gasteiger partial charge in [0.05, 0.1) is 11.6 Å². The second kappa shape index (κ2) is 7.77. The molecule has 2 aromatic rings. The number of rotatable bonds is 7. The number of nitrogens with one attached hydrogen (secondary N) is 1. The number of benzene rings is 1. The SMILES string of the molecule is CCN(CC)CC(O)CNc1c(C)cnc2cc(Cl)ccc12. The Labute approximate surface area is 137 Å². The number of fused-ring (bicyclic) bond motifs is 1. The van der Waals surface area contributed by atoms with Crippen LogP contribution in [0.5, 0.6) is 0 Å². The van der Waals surface area contributed by atoms with Crippen LogP contribution >= 0.6 is 11.6 Å². The average molecular weight is 322 g/mol. The molecule has 0 fully saturated rings. The zero-order chi connectivity index (χ0) is 16.1. The first-order chi connectivity index (χ1) is 10.5. The molecule has 1 heterocycles. The highest BCUT2D eigenvalue weighted by atomic mass is 35.5. The summed E-state index contributed by atoms with van der Waals surface area (Å²) >= 11 is 6.02. The summed E-state index contributed by atoms with van der Waals surface area (Å²) in [5.41, 5.74) is 2.93. The van der Waals surface area contributed by atoms with E-state index in [-0.39, 0.29) is 0 Å². The van der Waals surface area contributed by atoms with Crippen molar-refractivity contribution in [2.75, 3.05) is 31.5 Å². The molecule has 0 radical (unpaired) electrons. The Morgan fingerprint density at radius 3 is 2.73 bits per heavy atom. The molecule has 0 saturated carbocycles. The largest absolute Gasteiger partial charge is 0.390 e. The van der Waals surface area contributed by atoms with Crippen LogP contribution in [0.4, 0.5) is 5.69 Å². The fourth-order valence-electron chi connectivity index (χ4n) is 2.57. The Hall–Kier alpha value is -1.36. The summed E-state index contributed by atoms with van der Waals surface area (Å²) in [7, 11) is 0. The second-order valence-corrected chi connectivity index (χ2v) is 5.93. The number of pyridine rings is 1.